The highest BCUT2D eigenvalue weighted by Crippen LogP contribution is 2.17. The molecule has 0 spiro atoms. The number of ether oxygens (including phenoxy) is 2. The van der Waals surface area contributed by atoms with Gasteiger partial charge in [-0.25, -0.2) is 0 Å². The molecule has 0 aliphatic heterocycles. The second-order valence-electron chi connectivity index (χ2n) is 4.34. The summed E-state index contributed by atoms with van der Waals surface area (Å²) in [6.07, 6.45) is 0.0747. The van der Waals surface area contributed by atoms with Gasteiger partial charge in [-0.15, -0.1) is 0 Å². The molecule has 0 radical (unpaired) electrons. The van der Waals surface area contributed by atoms with E-state index in [0.717, 1.165) is 5.75 Å². The van der Waals surface area contributed by atoms with Crippen LogP contribution in [0.25, 0.3) is 0 Å². The smallest absolute Gasteiger partial charge is 0.121 e. The molecule has 2 N–H and O–H groups in total. The molecule has 0 amide bonds. The van der Waals surface area contributed by atoms with Gasteiger partial charge in [0.2, 0.25) is 0 Å². The summed E-state index contributed by atoms with van der Waals surface area (Å²) in [4.78, 5) is 0. The van der Waals surface area contributed by atoms with Crippen molar-refractivity contribution in [3.05, 3.63) is 60.2 Å². The van der Waals surface area contributed by atoms with Crippen LogP contribution in [-0.4, -0.2) is 13.2 Å². The van der Waals surface area contributed by atoms with E-state index in [2.05, 4.69) is 12.1 Å². The molecule has 3 nitrogen and oxygen atoms in total. The average molecular weight is 257 g/mol. The van der Waals surface area contributed by atoms with Crippen LogP contribution in [0.1, 0.15) is 18.6 Å². The van der Waals surface area contributed by atoms with Gasteiger partial charge in [0.05, 0.1) is 12.7 Å². The molecule has 0 aromatic heterocycles. The molecule has 0 fully saturated rings. The van der Waals surface area contributed by atoms with Crippen LogP contribution in [0.15, 0.2) is 54.6 Å². The third-order valence-corrected chi connectivity index (χ3v) is 2.85. The van der Waals surface area contributed by atoms with Crippen LogP contribution in [0.2, 0.25) is 0 Å². The van der Waals surface area contributed by atoms with Crippen molar-refractivity contribution in [1.82, 2.24) is 0 Å². The normalized spacial score (nSPS) is 12.1. The first-order valence-electron chi connectivity index (χ1n) is 6.40. The van der Waals surface area contributed by atoms with Crippen molar-refractivity contribution >= 4 is 5.69 Å². The molecule has 2 aromatic carbocycles. The minimum Gasteiger partial charge on any atom is -0.491 e. The first kappa shape index (κ1) is 13.4. The third kappa shape index (κ3) is 4.30. The molecular weight excluding hydrogens is 238 g/mol. The number of anilines is 1. The monoisotopic (exact) mass is 257 g/mol. The molecule has 19 heavy (non-hydrogen) atoms. The fourth-order valence-corrected chi connectivity index (χ4v) is 1.81. The van der Waals surface area contributed by atoms with Crippen molar-refractivity contribution in [3.63, 3.8) is 0 Å². The summed E-state index contributed by atoms with van der Waals surface area (Å²) in [7, 11) is 0. The van der Waals surface area contributed by atoms with Crippen molar-refractivity contribution < 1.29 is 9.47 Å². The highest BCUT2D eigenvalue weighted by molar-refractivity contribution is 5.43. The minimum atomic E-state index is 0.0747. The molecule has 1 unspecified atom stereocenters. The van der Waals surface area contributed by atoms with Crippen LogP contribution in [0.3, 0.4) is 0 Å². The molecule has 3 heteroatoms. The van der Waals surface area contributed by atoms with Gasteiger partial charge in [-0.1, -0.05) is 36.4 Å². The zero-order valence-electron chi connectivity index (χ0n) is 11.1. The van der Waals surface area contributed by atoms with Gasteiger partial charge in [0.1, 0.15) is 12.4 Å². The quantitative estimate of drug-likeness (QED) is 0.637. The fraction of sp³-hybridized carbons (Fsp3) is 0.250. The minimum absolute atomic E-state index is 0.0747. The lowest BCUT2D eigenvalue weighted by Gasteiger charge is -2.14. The van der Waals surface area contributed by atoms with Crippen LogP contribution in [-0.2, 0) is 4.74 Å². The van der Waals surface area contributed by atoms with E-state index in [1.807, 2.05) is 43.3 Å². The summed E-state index contributed by atoms with van der Waals surface area (Å²) in [5.41, 5.74) is 7.55. The highest BCUT2D eigenvalue weighted by Gasteiger charge is 2.04. The molecule has 0 bridgehead atoms. The summed E-state index contributed by atoms with van der Waals surface area (Å²) >= 11 is 0. The van der Waals surface area contributed by atoms with Gasteiger partial charge in [-0.05, 0) is 24.6 Å². The third-order valence-electron chi connectivity index (χ3n) is 2.85. The number of nitrogen functional groups attached to an aromatic ring is 1. The Morgan fingerprint density at radius 1 is 1.00 bits per heavy atom. The summed E-state index contributed by atoms with van der Waals surface area (Å²) in [6.45, 7) is 3.10. The van der Waals surface area contributed by atoms with Gasteiger partial charge in [0.25, 0.3) is 0 Å². The Hall–Kier alpha value is -2.00. The van der Waals surface area contributed by atoms with E-state index in [0.29, 0.717) is 18.9 Å². The zero-order chi connectivity index (χ0) is 13.5. The Morgan fingerprint density at radius 3 is 2.53 bits per heavy atom. The Labute approximate surface area is 114 Å². The lowest BCUT2D eigenvalue weighted by molar-refractivity contribution is 0.0439. The number of benzene rings is 2. The molecule has 0 aliphatic carbocycles. The summed E-state index contributed by atoms with van der Waals surface area (Å²) < 4.78 is 11.3. The maximum Gasteiger partial charge on any atom is 0.121 e. The molecule has 0 saturated carbocycles. The van der Waals surface area contributed by atoms with E-state index >= 15 is 0 Å². The van der Waals surface area contributed by atoms with Crippen LogP contribution in [0, 0.1) is 0 Å². The molecule has 100 valence electrons. The first-order valence-corrected chi connectivity index (χ1v) is 6.40. The predicted octanol–water partition coefficient (Wildman–Crippen LogP) is 3.43. The second kappa shape index (κ2) is 6.81. The van der Waals surface area contributed by atoms with Gasteiger partial charge in [-0.3, -0.25) is 0 Å². The summed E-state index contributed by atoms with van der Waals surface area (Å²) in [5, 5.41) is 0. The van der Waals surface area contributed by atoms with E-state index in [1.54, 1.807) is 6.07 Å². The van der Waals surface area contributed by atoms with Crippen molar-refractivity contribution in [1.29, 1.82) is 0 Å². The standard InChI is InChI=1S/C16H19NO2/c1-13(14-6-3-2-4-7-14)18-10-11-19-16-9-5-8-15(17)12-16/h2-9,12-13H,10-11,17H2,1H3. The molecule has 2 rings (SSSR count). The van der Waals surface area contributed by atoms with Crippen molar-refractivity contribution in [3.8, 4) is 5.75 Å². The second-order valence-corrected chi connectivity index (χ2v) is 4.34. The number of rotatable bonds is 6. The zero-order valence-corrected chi connectivity index (χ0v) is 11.1. The topological polar surface area (TPSA) is 44.5 Å². The molecule has 0 saturated heterocycles. The lowest BCUT2D eigenvalue weighted by Crippen LogP contribution is -2.09. The fourth-order valence-electron chi connectivity index (χ4n) is 1.81. The SMILES string of the molecule is CC(OCCOc1cccc(N)c1)c1ccccc1. The molecule has 0 heterocycles. The predicted molar refractivity (Wildman–Crippen MR) is 77.2 cm³/mol. The lowest BCUT2D eigenvalue weighted by atomic mass is 10.1. The first-order chi connectivity index (χ1) is 9.25. The van der Waals surface area contributed by atoms with Gasteiger partial charge in [-0.2, -0.15) is 0 Å². The number of nitrogens with two attached hydrogens (primary N) is 1. The summed E-state index contributed by atoms with van der Waals surface area (Å²) in [6, 6.07) is 17.5. The highest BCUT2D eigenvalue weighted by atomic mass is 16.5. The van der Waals surface area contributed by atoms with Gasteiger partial charge in [0.15, 0.2) is 0 Å². The van der Waals surface area contributed by atoms with Crippen LogP contribution in [0.5, 0.6) is 5.75 Å². The number of hydrogen-bond acceptors (Lipinski definition) is 3. The van der Waals surface area contributed by atoms with Crippen molar-refractivity contribution in [2.75, 3.05) is 18.9 Å². The van der Waals surface area contributed by atoms with E-state index in [-0.39, 0.29) is 6.10 Å². The average Bonchev–Trinajstić information content (AvgIpc) is 2.44. The molecule has 0 aliphatic rings. The van der Waals surface area contributed by atoms with Crippen LogP contribution >= 0.6 is 0 Å². The van der Waals surface area contributed by atoms with E-state index in [9.17, 15) is 0 Å². The molecule has 1 atom stereocenters. The van der Waals surface area contributed by atoms with Crippen molar-refractivity contribution in [2.24, 2.45) is 0 Å². The maximum atomic E-state index is 5.72. The Kier molecular flexibility index (Phi) is 4.81. The maximum absolute atomic E-state index is 5.72. The van der Waals surface area contributed by atoms with E-state index in [1.165, 1.54) is 5.56 Å². The van der Waals surface area contributed by atoms with Gasteiger partial charge < -0.3 is 15.2 Å². The number of hydrogen-bond donors (Lipinski definition) is 1. The molecular formula is C16H19NO2. The van der Waals surface area contributed by atoms with Gasteiger partial charge in [0, 0.05) is 11.8 Å². The van der Waals surface area contributed by atoms with E-state index < -0.39 is 0 Å². The van der Waals surface area contributed by atoms with E-state index in [4.69, 9.17) is 15.2 Å². The largest absolute Gasteiger partial charge is 0.491 e. The Balaban J connectivity index is 1.72. The molecule has 2 aromatic rings. The van der Waals surface area contributed by atoms with Gasteiger partial charge >= 0.3 is 0 Å². The van der Waals surface area contributed by atoms with Crippen LogP contribution in [0.4, 0.5) is 5.69 Å². The summed E-state index contributed by atoms with van der Waals surface area (Å²) in [5.74, 6) is 0.774. The Morgan fingerprint density at radius 2 is 1.79 bits per heavy atom. The Bertz CT molecular complexity index is 499. The van der Waals surface area contributed by atoms with Crippen molar-refractivity contribution in [2.45, 2.75) is 13.0 Å². The van der Waals surface area contributed by atoms with Crippen LogP contribution < -0.4 is 10.5 Å².